The van der Waals surface area contributed by atoms with E-state index in [2.05, 4.69) is 4.72 Å². The van der Waals surface area contributed by atoms with E-state index < -0.39 is 15.6 Å². The van der Waals surface area contributed by atoms with Crippen LogP contribution in [0.1, 0.15) is 25.3 Å². The van der Waals surface area contributed by atoms with Crippen LogP contribution in [0.25, 0.3) is 0 Å². The number of ether oxygens (including phenoxy) is 2. The summed E-state index contributed by atoms with van der Waals surface area (Å²) < 4.78 is 36.7. The summed E-state index contributed by atoms with van der Waals surface area (Å²) in [6, 6.07) is 5.52. The Bertz CT molecular complexity index is 564. The Balaban J connectivity index is 2.32. The maximum atomic E-state index is 11.7. The van der Waals surface area contributed by atoms with E-state index in [9.17, 15) is 8.42 Å². The SMILES string of the molecule is CCS(=O)(=O)NC1(c2ccc(OC)c(OC)c2)CC1. The molecule has 0 unspecified atom stereocenters. The van der Waals surface area contributed by atoms with Gasteiger partial charge in [0.15, 0.2) is 11.5 Å². The third-order valence-electron chi connectivity index (χ3n) is 3.42. The largest absolute Gasteiger partial charge is 0.493 e. The summed E-state index contributed by atoms with van der Waals surface area (Å²) in [5, 5.41) is 0. The number of hydrogen-bond acceptors (Lipinski definition) is 4. The van der Waals surface area contributed by atoms with Crippen LogP contribution in [0.15, 0.2) is 18.2 Å². The fourth-order valence-corrected chi connectivity index (χ4v) is 3.14. The molecule has 2 rings (SSSR count). The van der Waals surface area contributed by atoms with Crippen molar-refractivity contribution in [1.82, 2.24) is 4.72 Å². The molecule has 6 heteroatoms. The highest BCUT2D eigenvalue weighted by atomic mass is 32.2. The molecule has 0 aliphatic heterocycles. The first-order chi connectivity index (χ1) is 8.96. The molecule has 1 aliphatic rings. The number of methoxy groups -OCH3 is 2. The topological polar surface area (TPSA) is 64.6 Å². The monoisotopic (exact) mass is 285 g/mol. The summed E-state index contributed by atoms with van der Waals surface area (Å²) in [5.74, 6) is 1.34. The van der Waals surface area contributed by atoms with Crippen LogP contribution in [-0.2, 0) is 15.6 Å². The standard InChI is InChI=1S/C13H19NO4S/c1-4-19(15,16)14-13(7-8-13)10-5-6-11(17-2)12(9-10)18-3/h5-6,9,14H,4,7-8H2,1-3H3. The van der Waals surface area contributed by atoms with Crippen molar-refractivity contribution >= 4 is 10.0 Å². The van der Waals surface area contributed by atoms with Crippen LogP contribution in [0.4, 0.5) is 0 Å². The molecule has 1 fully saturated rings. The maximum absolute atomic E-state index is 11.7. The van der Waals surface area contributed by atoms with Crippen LogP contribution in [0.5, 0.6) is 11.5 Å². The zero-order valence-corrected chi connectivity index (χ0v) is 12.2. The lowest BCUT2D eigenvalue weighted by molar-refractivity contribution is 0.354. The molecule has 0 spiro atoms. The van der Waals surface area contributed by atoms with Crippen LogP contribution in [0, 0.1) is 0 Å². The predicted molar refractivity (Wildman–Crippen MR) is 73.1 cm³/mol. The first-order valence-electron chi connectivity index (χ1n) is 6.20. The van der Waals surface area contributed by atoms with Crippen molar-refractivity contribution < 1.29 is 17.9 Å². The number of nitrogens with one attached hydrogen (secondary N) is 1. The van der Waals surface area contributed by atoms with Gasteiger partial charge in [-0.25, -0.2) is 13.1 Å². The lowest BCUT2D eigenvalue weighted by atomic mass is 10.1. The highest BCUT2D eigenvalue weighted by Crippen LogP contribution is 2.48. The van der Waals surface area contributed by atoms with Gasteiger partial charge in [0.05, 0.1) is 25.5 Å². The fraction of sp³-hybridized carbons (Fsp3) is 0.538. The Morgan fingerprint density at radius 1 is 1.21 bits per heavy atom. The van der Waals surface area contributed by atoms with Crippen molar-refractivity contribution in [3.05, 3.63) is 23.8 Å². The molecular weight excluding hydrogens is 266 g/mol. The van der Waals surface area contributed by atoms with Gasteiger partial charge in [-0.3, -0.25) is 0 Å². The Labute approximate surface area is 114 Å². The summed E-state index contributed by atoms with van der Waals surface area (Å²) in [5.41, 5.74) is 0.455. The molecule has 0 atom stereocenters. The van der Waals surface area contributed by atoms with Crippen molar-refractivity contribution in [2.24, 2.45) is 0 Å². The summed E-state index contributed by atoms with van der Waals surface area (Å²) >= 11 is 0. The molecule has 0 amide bonds. The average molecular weight is 285 g/mol. The molecule has 0 heterocycles. The Kier molecular flexibility index (Phi) is 3.73. The smallest absolute Gasteiger partial charge is 0.212 e. The van der Waals surface area contributed by atoms with Crippen LogP contribution < -0.4 is 14.2 Å². The molecule has 19 heavy (non-hydrogen) atoms. The second kappa shape index (κ2) is 5.02. The van der Waals surface area contributed by atoms with E-state index in [1.165, 1.54) is 0 Å². The van der Waals surface area contributed by atoms with Crippen LogP contribution in [-0.4, -0.2) is 28.4 Å². The number of benzene rings is 1. The molecule has 106 valence electrons. The second-order valence-corrected chi connectivity index (χ2v) is 6.67. The molecule has 0 saturated heterocycles. The van der Waals surface area contributed by atoms with E-state index in [0.29, 0.717) is 11.5 Å². The molecule has 1 aliphatic carbocycles. The van der Waals surface area contributed by atoms with Gasteiger partial charge < -0.3 is 9.47 Å². The zero-order valence-electron chi connectivity index (χ0n) is 11.4. The van der Waals surface area contributed by atoms with E-state index in [1.807, 2.05) is 12.1 Å². The minimum atomic E-state index is -3.22. The van der Waals surface area contributed by atoms with E-state index in [0.717, 1.165) is 18.4 Å². The van der Waals surface area contributed by atoms with Crippen molar-refractivity contribution in [1.29, 1.82) is 0 Å². The molecule has 0 radical (unpaired) electrons. The van der Waals surface area contributed by atoms with Crippen LogP contribution >= 0.6 is 0 Å². The van der Waals surface area contributed by atoms with Gasteiger partial charge in [-0.1, -0.05) is 6.07 Å². The Hall–Kier alpha value is -1.27. The van der Waals surface area contributed by atoms with Gasteiger partial charge >= 0.3 is 0 Å². The maximum Gasteiger partial charge on any atom is 0.212 e. The van der Waals surface area contributed by atoms with Crippen molar-refractivity contribution in [2.75, 3.05) is 20.0 Å². The summed E-state index contributed by atoms with van der Waals surface area (Å²) in [6.07, 6.45) is 1.61. The lowest BCUT2D eigenvalue weighted by Gasteiger charge is -2.19. The number of sulfonamides is 1. The van der Waals surface area contributed by atoms with Gasteiger partial charge in [0, 0.05) is 0 Å². The molecule has 0 bridgehead atoms. The molecule has 1 N–H and O–H groups in total. The van der Waals surface area contributed by atoms with Gasteiger partial charge in [-0.05, 0) is 37.5 Å². The van der Waals surface area contributed by atoms with Gasteiger partial charge in [0.1, 0.15) is 0 Å². The summed E-state index contributed by atoms with van der Waals surface area (Å²) in [4.78, 5) is 0. The Morgan fingerprint density at radius 2 is 1.84 bits per heavy atom. The molecule has 1 aromatic carbocycles. The molecule has 5 nitrogen and oxygen atoms in total. The molecular formula is C13H19NO4S. The highest BCUT2D eigenvalue weighted by molar-refractivity contribution is 7.89. The minimum Gasteiger partial charge on any atom is -0.493 e. The number of hydrogen-bond donors (Lipinski definition) is 1. The van der Waals surface area contributed by atoms with Gasteiger partial charge in [-0.15, -0.1) is 0 Å². The molecule has 1 aromatic rings. The van der Waals surface area contributed by atoms with E-state index >= 15 is 0 Å². The van der Waals surface area contributed by atoms with Crippen LogP contribution in [0.2, 0.25) is 0 Å². The predicted octanol–water partition coefficient (Wildman–Crippen LogP) is 1.63. The van der Waals surface area contributed by atoms with E-state index in [-0.39, 0.29) is 5.75 Å². The first kappa shape index (κ1) is 14.1. The second-order valence-electron chi connectivity index (χ2n) is 4.66. The van der Waals surface area contributed by atoms with E-state index in [1.54, 1.807) is 27.2 Å². The van der Waals surface area contributed by atoms with Crippen LogP contribution in [0.3, 0.4) is 0 Å². The number of rotatable bonds is 6. The Morgan fingerprint density at radius 3 is 2.32 bits per heavy atom. The van der Waals surface area contributed by atoms with Crippen molar-refractivity contribution in [3.63, 3.8) is 0 Å². The van der Waals surface area contributed by atoms with Crippen molar-refractivity contribution in [3.8, 4) is 11.5 Å². The molecule has 0 aromatic heterocycles. The third-order valence-corrected chi connectivity index (χ3v) is 4.88. The van der Waals surface area contributed by atoms with Crippen molar-refractivity contribution in [2.45, 2.75) is 25.3 Å². The third kappa shape index (κ3) is 2.84. The van der Waals surface area contributed by atoms with E-state index in [4.69, 9.17) is 9.47 Å². The first-order valence-corrected chi connectivity index (χ1v) is 7.86. The summed E-state index contributed by atoms with van der Waals surface area (Å²) in [7, 11) is -0.0796. The van der Waals surface area contributed by atoms with Gasteiger partial charge in [-0.2, -0.15) is 0 Å². The zero-order chi connectivity index (χ0) is 14.1. The van der Waals surface area contributed by atoms with Gasteiger partial charge in [0.2, 0.25) is 10.0 Å². The molecule has 1 saturated carbocycles. The lowest BCUT2D eigenvalue weighted by Crippen LogP contribution is -2.35. The quantitative estimate of drug-likeness (QED) is 0.863. The average Bonchev–Trinajstić information content (AvgIpc) is 3.18. The summed E-state index contributed by atoms with van der Waals surface area (Å²) in [6.45, 7) is 1.63. The fourth-order valence-electron chi connectivity index (χ4n) is 2.08. The normalized spacial score (nSPS) is 17.0. The van der Waals surface area contributed by atoms with Gasteiger partial charge in [0.25, 0.3) is 0 Å². The highest BCUT2D eigenvalue weighted by Gasteiger charge is 2.47. The minimum absolute atomic E-state index is 0.0854.